The van der Waals surface area contributed by atoms with Crippen LogP contribution in [0.5, 0.6) is 0 Å². The van der Waals surface area contributed by atoms with Crippen molar-refractivity contribution in [3.05, 3.63) is 41.8 Å². The molecule has 0 radical (unpaired) electrons. The fourth-order valence-electron chi connectivity index (χ4n) is 2.47. The lowest BCUT2D eigenvalue weighted by Gasteiger charge is -2.18. The Bertz CT molecular complexity index is 714. The van der Waals surface area contributed by atoms with E-state index in [-0.39, 0.29) is 18.9 Å². The Morgan fingerprint density at radius 3 is 2.62 bits per heavy atom. The summed E-state index contributed by atoms with van der Waals surface area (Å²) in [5.74, 6) is 0.795. The van der Waals surface area contributed by atoms with Gasteiger partial charge < -0.3 is 9.73 Å². The van der Waals surface area contributed by atoms with Crippen LogP contribution in [-0.4, -0.2) is 48.6 Å². The van der Waals surface area contributed by atoms with Gasteiger partial charge in [-0.25, -0.2) is 4.98 Å². The zero-order valence-electron chi connectivity index (χ0n) is 14.8. The second kappa shape index (κ2) is 8.84. The van der Waals surface area contributed by atoms with Gasteiger partial charge in [0.2, 0.25) is 11.8 Å². The normalized spacial score (nSPS) is 11.8. The van der Waals surface area contributed by atoms with Gasteiger partial charge in [-0.1, -0.05) is 18.2 Å². The summed E-state index contributed by atoms with van der Waals surface area (Å²) in [4.78, 5) is 17.5. The second-order valence-corrected chi connectivity index (χ2v) is 6.12. The van der Waals surface area contributed by atoms with Crippen LogP contribution in [0.15, 0.2) is 34.7 Å². The lowest BCUT2D eigenvalue weighted by atomic mass is 10.2. The molecule has 0 spiro atoms. The molecule has 0 saturated heterocycles. The van der Waals surface area contributed by atoms with Gasteiger partial charge in [0.15, 0.2) is 0 Å². The molecule has 0 fully saturated rings. The Balaban J connectivity index is 1.77. The number of oxazole rings is 1. The third kappa shape index (κ3) is 6.51. The Kier molecular flexibility index (Phi) is 6.79. The molecule has 8 heteroatoms. The number of amides is 1. The van der Waals surface area contributed by atoms with Crippen molar-refractivity contribution in [2.75, 3.05) is 26.7 Å². The number of hydrogen-bond acceptors (Lipinski definition) is 4. The fraction of sp³-hybridized carbons (Fsp3) is 0.444. The van der Waals surface area contributed by atoms with Crippen LogP contribution in [0.3, 0.4) is 0 Å². The van der Waals surface area contributed by atoms with E-state index in [1.165, 1.54) is 11.9 Å². The summed E-state index contributed by atoms with van der Waals surface area (Å²) in [5, 5.41) is 2.70. The molecule has 1 amide bonds. The predicted molar refractivity (Wildman–Crippen MR) is 91.6 cm³/mol. The lowest BCUT2D eigenvalue weighted by Crippen LogP contribution is -2.34. The van der Waals surface area contributed by atoms with Crippen LogP contribution in [0.4, 0.5) is 13.2 Å². The van der Waals surface area contributed by atoms with Gasteiger partial charge in [-0.3, -0.25) is 9.69 Å². The van der Waals surface area contributed by atoms with Crippen LogP contribution in [0.25, 0.3) is 11.5 Å². The van der Waals surface area contributed by atoms with Crippen molar-refractivity contribution in [3.63, 3.8) is 0 Å². The number of benzene rings is 1. The van der Waals surface area contributed by atoms with E-state index in [4.69, 9.17) is 4.42 Å². The molecule has 0 saturated carbocycles. The standard InChI is InChI=1S/C18H22F3N3O2/c1-13-15(23-17(26-13)14-7-4-3-5-8-14)11-16(25)22-9-6-10-24(2)12-18(19,20)21/h3-5,7-8H,6,9-12H2,1-2H3,(H,22,25). The van der Waals surface area contributed by atoms with Crippen molar-refractivity contribution in [2.24, 2.45) is 0 Å². The molecular formula is C18H22F3N3O2. The monoisotopic (exact) mass is 369 g/mol. The van der Waals surface area contributed by atoms with Crippen LogP contribution in [0, 0.1) is 6.92 Å². The van der Waals surface area contributed by atoms with Crippen molar-refractivity contribution in [1.29, 1.82) is 0 Å². The van der Waals surface area contributed by atoms with Crippen LogP contribution in [0.2, 0.25) is 0 Å². The molecule has 1 N–H and O–H groups in total. The van der Waals surface area contributed by atoms with Gasteiger partial charge in [0.25, 0.3) is 0 Å². The first kappa shape index (κ1) is 20.0. The van der Waals surface area contributed by atoms with Gasteiger partial charge in [-0.2, -0.15) is 13.2 Å². The highest BCUT2D eigenvalue weighted by atomic mass is 19.4. The molecule has 5 nitrogen and oxygen atoms in total. The van der Waals surface area contributed by atoms with Crippen LogP contribution >= 0.6 is 0 Å². The summed E-state index contributed by atoms with van der Waals surface area (Å²) < 4.78 is 42.3. The number of aryl methyl sites for hydroxylation is 1. The summed E-state index contributed by atoms with van der Waals surface area (Å²) in [6, 6.07) is 9.37. The smallest absolute Gasteiger partial charge is 0.401 e. The number of rotatable bonds is 8. The van der Waals surface area contributed by atoms with Gasteiger partial charge in [0, 0.05) is 12.1 Å². The highest BCUT2D eigenvalue weighted by molar-refractivity contribution is 5.78. The third-order valence-electron chi connectivity index (χ3n) is 3.73. The zero-order valence-corrected chi connectivity index (χ0v) is 14.8. The first-order chi connectivity index (χ1) is 12.2. The fourth-order valence-corrected chi connectivity index (χ4v) is 2.47. The first-order valence-corrected chi connectivity index (χ1v) is 8.28. The van der Waals surface area contributed by atoms with Gasteiger partial charge in [-0.05, 0) is 39.1 Å². The number of carbonyl (C=O) groups is 1. The topological polar surface area (TPSA) is 58.4 Å². The maximum absolute atomic E-state index is 12.2. The van der Waals surface area contributed by atoms with Crippen molar-refractivity contribution in [1.82, 2.24) is 15.2 Å². The lowest BCUT2D eigenvalue weighted by molar-refractivity contribution is -0.143. The van der Waals surface area contributed by atoms with Crippen LogP contribution in [-0.2, 0) is 11.2 Å². The van der Waals surface area contributed by atoms with Crippen LogP contribution in [0.1, 0.15) is 17.9 Å². The molecule has 0 atom stereocenters. The number of nitrogens with one attached hydrogen (secondary N) is 1. The van der Waals surface area contributed by atoms with E-state index in [1.807, 2.05) is 30.3 Å². The Morgan fingerprint density at radius 2 is 1.96 bits per heavy atom. The molecule has 1 heterocycles. The van der Waals surface area contributed by atoms with Gasteiger partial charge in [0.05, 0.1) is 18.7 Å². The largest absolute Gasteiger partial charge is 0.441 e. The molecule has 0 aliphatic rings. The molecule has 1 aromatic carbocycles. The van der Waals surface area contributed by atoms with Crippen molar-refractivity contribution in [2.45, 2.75) is 25.9 Å². The van der Waals surface area contributed by atoms with Gasteiger partial charge >= 0.3 is 6.18 Å². The average Bonchev–Trinajstić information content (AvgIpc) is 2.92. The Labute approximate surface area is 150 Å². The SMILES string of the molecule is Cc1oc(-c2ccccc2)nc1CC(=O)NCCCN(C)CC(F)(F)F. The van der Waals surface area contributed by atoms with E-state index < -0.39 is 12.7 Å². The number of halogens is 3. The minimum Gasteiger partial charge on any atom is -0.441 e. The van der Waals surface area contributed by atoms with E-state index in [1.54, 1.807) is 6.92 Å². The van der Waals surface area contributed by atoms with E-state index in [0.717, 1.165) is 5.56 Å². The molecule has 0 aliphatic carbocycles. The minimum absolute atomic E-state index is 0.0700. The van der Waals surface area contributed by atoms with Gasteiger partial charge in [-0.15, -0.1) is 0 Å². The molecule has 2 aromatic rings. The first-order valence-electron chi connectivity index (χ1n) is 8.28. The quantitative estimate of drug-likeness (QED) is 0.726. The zero-order chi connectivity index (χ0) is 19.2. The van der Waals surface area contributed by atoms with E-state index >= 15 is 0 Å². The van der Waals surface area contributed by atoms with Gasteiger partial charge in [0.1, 0.15) is 5.76 Å². The maximum Gasteiger partial charge on any atom is 0.401 e. The molecule has 142 valence electrons. The van der Waals surface area contributed by atoms with E-state index in [0.29, 0.717) is 30.3 Å². The summed E-state index contributed by atoms with van der Waals surface area (Å²) >= 11 is 0. The van der Waals surface area contributed by atoms with E-state index in [9.17, 15) is 18.0 Å². The summed E-state index contributed by atoms with van der Waals surface area (Å²) in [5.41, 5.74) is 1.38. The summed E-state index contributed by atoms with van der Waals surface area (Å²) in [6.07, 6.45) is -3.70. The Hall–Kier alpha value is -2.35. The summed E-state index contributed by atoms with van der Waals surface area (Å²) in [6.45, 7) is 1.35. The number of alkyl halides is 3. The second-order valence-electron chi connectivity index (χ2n) is 6.12. The highest BCUT2D eigenvalue weighted by Gasteiger charge is 2.28. The number of aromatic nitrogens is 1. The molecule has 0 unspecified atom stereocenters. The Morgan fingerprint density at radius 1 is 1.27 bits per heavy atom. The number of carbonyl (C=O) groups excluding carboxylic acids is 1. The molecule has 1 aromatic heterocycles. The minimum atomic E-state index is -4.21. The third-order valence-corrected chi connectivity index (χ3v) is 3.73. The van der Waals surface area contributed by atoms with Crippen molar-refractivity contribution < 1.29 is 22.4 Å². The van der Waals surface area contributed by atoms with E-state index in [2.05, 4.69) is 10.3 Å². The maximum atomic E-state index is 12.2. The average molecular weight is 369 g/mol. The number of nitrogens with zero attached hydrogens (tertiary/aromatic N) is 2. The van der Waals surface area contributed by atoms with Crippen LogP contribution < -0.4 is 5.32 Å². The highest BCUT2D eigenvalue weighted by Crippen LogP contribution is 2.21. The molecule has 2 rings (SSSR count). The molecule has 26 heavy (non-hydrogen) atoms. The van der Waals surface area contributed by atoms with Crippen molar-refractivity contribution in [3.8, 4) is 11.5 Å². The predicted octanol–water partition coefficient (Wildman–Crippen LogP) is 3.19. The number of hydrogen-bond donors (Lipinski definition) is 1. The van der Waals surface area contributed by atoms with Crippen molar-refractivity contribution >= 4 is 5.91 Å². The molecule has 0 bridgehead atoms. The molecular weight excluding hydrogens is 347 g/mol. The summed E-state index contributed by atoms with van der Waals surface area (Å²) in [7, 11) is 1.40. The molecule has 0 aliphatic heterocycles.